The summed E-state index contributed by atoms with van der Waals surface area (Å²) >= 11 is 1.81. The van der Waals surface area contributed by atoms with E-state index in [1.807, 2.05) is 28.8 Å². The molecule has 1 aromatic carbocycles. The van der Waals surface area contributed by atoms with E-state index in [4.69, 9.17) is 4.99 Å². The third-order valence-electron chi connectivity index (χ3n) is 4.00. The lowest BCUT2D eigenvalue weighted by atomic mass is 10.1. The van der Waals surface area contributed by atoms with Gasteiger partial charge in [-0.25, -0.2) is 4.99 Å². The van der Waals surface area contributed by atoms with Gasteiger partial charge in [-0.05, 0) is 30.7 Å². The molecular weight excluding hydrogens is 320 g/mol. The number of hydrogen-bond donors (Lipinski definition) is 2. The summed E-state index contributed by atoms with van der Waals surface area (Å²) in [7, 11) is 0. The van der Waals surface area contributed by atoms with Gasteiger partial charge in [-0.15, -0.1) is 0 Å². The van der Waals surface area contributed by atoms with Crippen molar-refractivity contribution < 1.29 is 4.79 Å². The van der Waals surface area contributed by atoms with E-state index in [-0.39, 0.29) is 5.91 Å². The maximum Gasteiger partial charge on any atom is 0.222 e. The molecular formula is C18H28N4OS. The average molecular weight is 349 g/mol. The van der Waals surface area contributed by atoms with Crippen LogP contribution < -0.4 is 10.6 Å². The maximum atomic E-state index is 11.9. The summed E-state index contributed by atoms with van der Waals surface area (Å²) in [6.45, 7) is 5.99. The zero-order valence-electron chi connectivity index (χ0n) is 14.7. The van der Waals surface area contributed by atoms with E-state index < -0.39 is 0 Å². The molecule has 0 radical (unpaired) electrons. The normalized spacial score (nSPS) is 15.0. The Hall–Kier alpha value is -1.69. The highest BCUT2D eigenvalue weighted by molar-refractivity contribution is 7.98. The molecule has 0 unspecified atom stereocenters. The summed E-state index contributed by atoms with van der Waals surface area (Å²) in [4.78, 5) is 18.5. The van der Waals surface area contributed by atoms with Gasteiger partial charge in [-0.2, -0.15) is 11.8 Å². The number of guanidine groups is 1. The van der Waals surface area contributed by atoms with E-state index in [0.29, 0.717) is 19.5 Å². The fraction of sp³-hybridized carbons (Fsp3) is 0.556. The lowest BCUT2D eigenvalue weighted by molar-refractivity contribution is -0.128. The molecule has 1 aliphatic rings. The number of carbonyl (C=O) groups excluding carboxylic acids is 1. The van der Waals surface area contributed by atoms with Crippen LogP contribution in [0, 0.1) is 0 Å². The molecule has 1 amide bonds. The van der Waals surface area contributed by atoms with Gasteiger partial charge in [0.15, 0.2) is 5.96 Å². The highest BCUT2D eigenvalue weighted by Crippen LogP contribution is 2.17. The summed E-state index contributed by atoms with van der Waals surface area (Å²) < 4.78 is 0. The number of rotatable bonds is 8. The molecule has 132 valence electrons. The fourth-order valence-corrected chi connectivity index (χ4v) is 3.03. The maximum absolute atomic E-state index is 11.9. The third-order valence-corrected chi connectivity index (χ3v) is 4.61. The van der Waals surface area contributed by atoms with E-state index >= 15 is 0 Å². The Morgan fingerprint density at radius 1 is 1.29 bits per heavy atom. The molecule has 2 N–H and O–H groups in total. The molecule has 1 saturated heterocycles. The topological polar surface area (TPSA) is 56.7 Å². The van der Waals surface area contributed by atoms with Crippen LogP contribution in [0.1, 0.15) is 30.9 Å². The van der Waals surface area contributed by atoms with Crippen molar-refractivity contribution >= 4 is 23.6 Å². The molecule has 0 spiro atoms. The molecule has 24 heavy (non-hydrogen) atoms. The van der Waals surface area contributed by atoms with Crippen molar-refractivity contribution in [3.63, 3.8) is 0 Å². The molecule has 0 aliphatic carbocycles. The lowest BCUT2D eigenvalue weighted by Crippen LogP contribution is -2.38. The first-order chi connectivity index (χ1) is 11.7. The predicted molar refractivity (Wildman–Crippen MR) is 102 cm³/mol. The van der Waals surface area contributed by atoms with E-state index in [9.17, 15) is 4.79 Å². The Labute approximate surface area is 149 Å². The van der Waals surface area contributed by atoms with Gasteiger partial charge in [0.05, 0.1) is 6.54 Å². The third kappa shape index (κ3) is 5.74. The van der Waals surface area contributed by atoms with Crippen molar-refractivity contribution in [1.82, 2.24) is 15.5 Å². The van der Waals surface area contributed by atoms with Crippen LogP contribution in [0.25, 0.3) is 0 Å². The number of aliphatic imine (C=N–C) groups is 1. The van der Waals surface area contributed by atoms with E-state index in [1.54, 1.807) is 0 Å². The predicted octanol–water partition coefficient (Wildman–Crippen LogP) is 2.23. The van der Waals surface area contributed by atoms with Gasteiger partial charge < -0.3 is 15.5 Å². The van der Waals surface area contributed by atoms with E-state index in [0.717, 1.165) is 37.8 Å². The van der Waals surface area contributed by atoms with E-state index in [2.05, 4.69) is 35.9 Å². The Morgan fingerprint density at radius 2 is 2.08 bits per heavy atom. The van der Waals surface area contributed by atoms with Gasteiger partial charge in [-0.3, -0.25) is 4.79 Å². The fourth-order valence-electron chi connectivity index (χ4n) is 2.72. The summed E-state index contributed by atoms with van der Waals surface area (Å²) in [6.07, 6.45) is 3.76. The molecule has 1 aromatic rings. The van der Waals surface area contributed by atoms with E-state index in [1.165, 1.54) is 11.1 Å². The number of likely N-dealkylation sites (tertiary alicyclic amines) is 1. The monoisotopic (exact) mass is 348 g/mol. The van der Waals surface area contributed by atoms with Crippen LogP contribution >= 0.6 is 11.8 Å². The van der Waals surface area contributed by atoms with Gasteiger partial charge in [-0.1, -0.05) is 24.3 Å². The second-order valence-electron chi connectivity index (χ2n) is 5.80. The van der Waals surface area contributed by atoms with Crippen LogP contribution in [0.5, 0.6) is 0 Å². The summed E-state index contributed by atoms with van der Waals surface area (Å²) in [5, 5.41) is 6.62. The molecule has 0 aromatic heterocycles. The molecule has 5 nitrogen and oxygen atoms in total. The number of thioether (sulfide) groups is 1. The Bertz CT molecular complexity index is 562. The van der Waals surface area contributed by atoms with Crippen molar-refractivity contribution in [2.24, 2.45) is 4.99 Å². The Balaban J connectivity index is 2.01. The Kier molecular flexibility index (Phi) is 7.95. The largest absolute Gasteiger partial charge is 0.357 e. The summed E-state index contributed by atoms with van der Waals surface area (Å²) in [5.74, 6) is 2.16. The molecule has 1 fully saturated rings. The number of nitrogens with zero attached hydrogens (tertiary/aromatic N) is 2. The van der Waals surface area contributed by atoms with Crippen molar-refractivity contribution in [3.05, 3.63) is 35.4 Å². The first-order valence-electron chi connectivity index (χ1n) is 8.60. The van der Waals surface area contributed by atoms with Crippen LogP contribution in [0.15, 0.2) is 29.3 Å². The standard InChI is InChI=1S/C18H28N4OS/c1-3-19-18(20-10-12-24-2)21-13-15-7-4-5-8-16(15)14-22-11-6-9-17(22)23/h4-5,7-8H,3,6,9-14H2,1-2H3,(H2,19,20,21). The first-order valence-corrected chi connectivity index (χ1v) is 9.99. The second-order valence-corrected chi connectivity index (χ2v) is 6.79. The summed E-state index contributed by atoms with van der Waals surface area (Å²) in [6, 6.07) is 8.27. The smallest absolute Gasteiger partial charge is 0.222 e. The SMILES string of the molecule is CCNC(=NCc1ccccc1CN1CCCC1=O)NCCSC. The molecule has 1 heterocycles. The van der Waals surface area contributed by atoms with Gasteiger partial charge >= 0.3 is 0 Å². The molecule has 0 atom stereocenters. The van der Waals surface area contributed by atoms with Gasteiger partial charge in [0.25, 0.3) is 0 Å². The molecule has 1 aliphatic heterocycles. The lowest BCUT2D eigenvalue weighted by Gasteiger charge is -2.18. The minimum Gasteiger partial charge on any atom is -0.357 e. The van der Waals surface area contributed by atoms with Crippen LogP contribution in [0.3, 0.4) is 0 Å². The second kappa shape index (κ2) is 10.2. The van der Waals surface area contributed by atoms with Crippen LogP contribution in [0.2, 0.25) is 0 Å². The van der Waals surface area contributed by atoms with Gasteiger partial charge in [0, 0.05) is 38.4 Å². The summed E-state index contributed by atoms with van der Waals surface area (Å²) in [5.41, 5.74) is 2.37. The minimum atomic E-state index is 0.264. The van der Waals surface area contributed by atoms with Crippen molar-refractivity contribution in [1.29, 1.82) is 0 Å². The van der Waals surface area contributed by atoms with Crippen molar-refractivity contribution in [2.75, 3.05) is 31.6 Å². The Morgan fingerprint density at radius 3 is 2.75 bits per heavy atom. The van der Waals surface area contributed by atoms with Crippen molar-refractivity contribution in [2.45, 2.75) is 32.9 Å². The quantitative estimate of drug-likeness (QED) is 0.430. The van der Waals surface area contributed by atoms with Crippen LogP contribution in [-0.4, -0.2) is 48.4 Å². The molecule has 0 saturated carbocycles. The number of amides is 1. The number of carbonyl (C=O) groups is 1. The number of benzene rings is 1. The minimum absolute atomic E-state index is 0.264. The zero-order chi connectivity index (χ0) is 17.2. The number of hydrogen-bond acceptors (Lipinski definition) is 3. The molecule has 2 rings (SSSR count). The number of nitrogens with one attached hydrogen (secondary N) is 2. The highest BCUT2D eigenvalue weighted by Gasteiger charge is 2.20. The van der Waals surface area contributed by atoms with Crippen LogP contribution in [0.4, 0.5) is 0 Å². The zero-order valence-corrected chi connectivity index (χ0v) is 15.5. The first kappa shape index (κ1) is 18.6. The van der Waals surface area contributed by atoms with Gasteiger partial charge in [0.1, 0.15) is 0 Å². The molecule has 0 bridgehead atoms. The van der Waals surface area contributed by atoms with Crippen molar-refractivity contribution in [3.8, 4) is 0 Å². The highest BCUT2D eigenvalue weighted by atomic mass is 32.2. The molecule has 6 heteroatoms. The average Bonchev–Trinajstić information content (AvgIpc) is 2.99. The van der Waals surface area contributed by atoms with Crippen LogP contribution in [-0.2, 0) is 17.9 Å². The van der Waals surface area contributed by atoms with Gasteiger partial charge in [0.2, 0.25) is 5.91 Å².